The van der Waals surface area contributed by atoms with Gasteiger partial charge in [-0.1, -0.05) is 0 Å². The minimum absolute atomic E-state index is 0.0461. The number of nitrogens with zero attached hydrogens (tertiary/aromatic N) is 7. The van der Waals surface area contributed by atoms with E-state index in [1.807, 2.05) is 20.3 Å². The predicted molar refractivity (Wildman–Crippen MR) is 107 cm³/mol. The molecule has 33 heavy (non-hydrogen) atoms. The average Bonchev–Trinajstić information content (AvgIpc) is 3.38. The Morgan fingerprint density at radius 3 is 2.39 bits per heavy atom. The number of hydrogen-bond donors (Lipinski definition) is 1. The third-order valence-electron chi connectivity index (χ3n) is 5.58. The number of rotatable bonds is 2. The van der Waals surface area contributed by atoms with Gasteiger partial charge in [0.05, 0.1) is 30.2 Å². The number of alkyl halides is 3. The molecule has 2 saturated heterocycles. The first kappa shape index (κ1) is 24.1. The van der Waals surface area contributed by atoms with Crippen molar-refractivity contribution in [1.29, 1.82) is 0 Å². The first-order valence-electron chi connectivity index (χ1n) is 9.78. The molecule has 0 saturated carbocycles. The molecule has 2 fully saturated rings. The lowest BCUT2D eigenvalue weighted by Crippen LogP contribution is -2.64. The lowest BCUT2D eigenvalue weighted by Gasteiger charge is -2.46. The predicted octanol–water partition coefficient (Wildman–Crippen LogP) is 0.407. The van der Waals surface area contributed by atoms with Gasteiger partial charge in [-0.05, 0) is 13.5 Å². The van der Waals surface area contributed by atoms with Gasteiger partial charge in [-0.15, -0.1) is 0 Å². The van der Waals surface area contributed by atoms with Gasteiger partial charge in [0, 0.05) is 45.3 Å². The molecule has 4 rings (SSSR count). The zero-order valence-electron chi connectivity index (χ0n) is 17.9. The molecule has 1 unspecified atom stereocenters. The standard InChI is InChI=1S/C17H21N7O2.C2HF3O2/c1-21-10-15(25)24(13-7-20-22(2)9-13)12-17(21)3-6-23(11-17)16(26)14-8-18-4-5-19-14;3-2(4,5)1(6)7/h4-5,7-9H,3,6,10-12H2,1-2H3;(H,6,7). The number of piperazine rings is 1. The van der Waals surface area contributed by atoms with E-state index in [0.29, 0.717) is 31.9 Å². The molecule has 1 spiro atoms. The number of hydrogen-bond acceptors (Lipinski definition) is 7. The van der Waals surface area contributed by atoms with Crippen LogP contribution in [0.2, 0.25) is 0 Å². The Labute approximate surface area is 186 Å². The van der Waals surface area contributed by atoms with Gasteiger partial charge in [0.25, 0.3) is 5.91 Å². The van der Waals surface area contributed by atoms with Crippen LogP contribution in [0.15, 0.2) is 31.0 Å². The van der Waals surface area contributed by atoms with E-state index in [4.69, 9.17) is 9.90 Å². The van der Waals surface area contributed by atoms with Crippen LogP contribution in [0, 0.1) is 0 Å². The molecule has 0 aromatic carbocycles. The number of carboxylic acid groups (broad SMARTS) is 1. The molecule has 2 aliphatic heterocycles. The summed E-state index contributed by atoms with van der Waals surface area (Å²) in [5.74, 6) is -2.83. The van der Waals surface area contributed by atoms with Gasteiger partial charge < -0.3 is 14.9 Å². The van der Waals surface area contributed by atoms with Gasteiger partial charge >= 0.3 is 12.1 Å². The molecule has 2 aliphatic rings. The van der Waals surface area contributed by atoms with Gasteiger partial charge in [-0.2, -0.15) is 18.3 Å². The van der Waals surface area contributed by atoms with Gasteiger partial charge in [-0.3, -0.25) is 24.2 Å². The van der Waals surface area contributed by atoms with E-state index in [1.54, 1.807) is 26.9 Å². The largest absolute Gasteiger partial charge is 0.490 e. The highest BCUT2D eigenvalue weighted by atomic mass is 19.4. The van der Waals surface area contributed by atoms with Gasteiger partial charge in [-0.25, -0.2) is 9.78 Å². The zero-order valence-corrected chi connectivity index (χ0v) is 17.9. The summed E-state index contributed by atoms with van der Waals surface area (Å²) in [6, 6.07) is 0. The third-order valence-corrected chi connectivity index (χ3v) is 5.58. The number of carboxylic acids is 1. The summed E-state index contributed by atoms with van der Waals surface area (Å²) < 4.78 is 33.4. The summed E-state index contributed by atoms with van der Waals surface area (Å²) in [6.07, 6.45) is 3.83. The number of aliphatic carboxylic acids is 1. The van der Waals surface area contributed by atoms with E-state index in [0.717, 1.165) is 12.1 Å². The zero-order chi connectivity index (χ0) is 24.4. The van der Waals surface area contributed by atoms with Crippen LogP contribution in [0.1, 0.15) is 16.9 Å². The Morgan fingerprint density at radius 1 is 1.15 bits per heavy atom. The maximum Gasteiger partial charge on any atom is 0.490 e. The van der Waals surface area contributed by atoms with Crippen molar-refractivity contribution in [3.8, 4) is 0 Å². The van der Waals surface area contributed by atoms with Crippen LogP contribution in [0.5, 0.6) is 0 Å². The number of aryl methyl sites for hydroxylation is 1. The molecule has 2 amide bonds. The Balaban J connectivity index is 0.000000383. The fourth-order valence-corrected chi connectivity index (χ4v) is 3.78. The monoisotopic (exact) mass is 469 g/mol. The van der Waals surface area contributed by atoms with E-state index in [2.05, 4.69) is 20.0 Å². The van der Waals surface area contributed by atoms with E-state index in [1.165, 1.54) is 12.4 Å². The van der Waals surface area contributed by atoms with Crippen molar-refractivity contribution in [3.63, 3.8) is 0 Å². The van der Waals surface area contributed by atoms with Crippen LogP contribution in [0.4, 0.5) is 18.9 Å². The topological polar surface area (TPSA) is 125 Å². The fourth-order valence-electron chi connectivity index (χ4n) is 3.78. The molecule has 2 aromatic rings. The van der Waals surface area contributed by atoms with Gasteiger partial charge in [0.1, 0.15) is 5.69 Å². The Morgan fingerprint density at radius 2 is 1.85 bits per heavy atom. The summed E-state index contributed by atoms with van der Waals surface area (Å²) in [6.45, 7) is 2.05. The van der Waals surface area contributed by atoms with E-state index in [-0.39, 0.29) is 17.4 Å². The fraction of sp³-hybridized carbons (Fsp3) is 0.474. The molecule has 14 heteroatoms. The van der Waals surface area contributed by atoms with Crippen LogP contribution in [0.25, 0.3) is 0 Å². The number of halogens is 3. The molecule has 178 valence electrons. The van der Waals surface area contributed by atoms with E-state index >= 15 is 0 Å². The van der Waals surface area contributed by atoms with Crippen molar-refractivity contribution < 1.29 is 32.7 Å². The quantitative estimate of drug-likeness (QED) is 0.671. The maximum atomic E-state index is 12.7. The van der Waals surface area contributed by atoms with Crippen molar-refractivity contribution in [2.24, 2.45) is 7.05 Å². The number of anilines is 1. The lowest BCUT2D eigenvalue weighted by atomic mass is 9.93. The second-order valence-electron chi connectivity index (χ2n) is 7.80. The molecule has 1 N–H and O–H groups in total. The molecule has 0 aliphatic carbocycles. The van der Waals surface area contributed by atoms with Gasteiger partial charge in [0.2, 0.25) is 5.91 Å². The van der Waals surface area contributed by atoms with Crippen molar-refractivity contribution in [1.82, 2.24) is 29.5 Å². The van der Waals surface area contributed by atoms with Crippen molar-refractivity contribution in [2.75, 3.05) is 38.1 Å². The Bertz CT molecular complexity index is 1030. The highest BCUT2D eigenvalue weighted by molar-refractivity contribution is 5.96. The Kier molecular flexibility index (Phi) is 6.67. The highest BCUT2D eigenvalue weighted by Gasteiger charge is 2.49. The number of carbonyl (C=O) groups is 3. The average molecular weight is 469 g/mol. The minimum Gasteiger partial charge on any atom is -0.475 e. The van der Waals surface area contributed by atoms with Crippen LogP contribution in [0.3, 0.4) is 0 Å². The second-order valence-corrected chi connectivity index (χ2v) is 7.80. The van der Waals surface area contributed by atoms with Crippen molar-refractivity contribution in [3.05, 3.63) is 36.7 Å². The first-order chi connectivity index (χ1) is 15.4. The molecule has 1 atom stereocenters. The maximum absolute atomic E-state index is 12.7. The molecule has 4 heterocycles. The first-order valence-corrected chi connectivity index (χ1v) is 9.78. The second kappa shape index (κ2) is 9.13. The summed E-state index contributed by atoms with van der Waals surface area (Å²) in [7, 11) is 3.78. The van der Waals surface area contributed by atoms with Crippen molar-refractivity contribution in [2.45, 2.75) is 18.1 Å². The highest BCUT2D eigenvalue weighted by Crippen LogP contribution is 2.33. The molecule has 11 nitrogen and oxygen atoms in total. The van der Waals surface area contributed by atoms with Gasteiger partial charge in [0.15, 0.2) is 0 Å². The van der Waals surface area contributed by atoms with Crippen molar-refractivity contribution >= 4 is 23.5 Å². The number of likely N-dealkylation sites (N-methyl/N-ethyl adjacent to an activating group) is 1. The minimum atomic E-state index is -5.08. The summed E-state index contributed by atoms with van der Waals surface area (Å²) >= 11 is 0. The number of carbonyl (C=O) groups excluding carboxylic acids is 2. The number of aromatic nitrogens is 4. The van der Waals surface area contributed by atoms with Crippen LogP contribution >= 0.6 is 0 Å². The molecule has 0 radical (unpaired) electrons. The Hall–Kier alpha value is -3.55. The lowest BCUT2D eigenvalue weighted by molar-refractivity contribution is -0.192. The van der Waals surface area contributed by atoms with Crippen LogP contribution < -0.4 is 4.90 Å². The van der Waals surface area contributed by atoms with E-state index < -0.39 is 12.1 Å². The molecule has 2 aromatic heterocycles. The summed E-state index contributed by atoms with van der Waals surface area (Å²) in [5, 5.41) is 11.3. The molecule has 0 bridgehead atoms. The van der Waals surface area contributed by atoms with E-state index in [9.17, 15) is 22.8 Å². The number of likely N-dealkylation sites (tertiary alicyclic amines) is 1. The number of amides is 2. The van der Waals surface area contributed by atoms with Crippen LogP contribution in [-0.2, 0) is 16.6 Å². The third kappa shape index (κ3) is 5.27. The summed E-state index contributed by atoms with van der Waals surface area (Å²) in [5.41, 5.74) is 0.883. The molecular formula is C19H22F3N7O4. The molecular weight excluding hydrogens is 447 g/mol. The normalized spacial score (nSPS) is 21.2. The SMILES string of the molecule is CN1CC(=O)N(c2cnn(C)c2)CC12CCN(C(=O)c1cnccn1)C2.O=C(O)C(F)(F)F. The van der Waals surface area contributed by atoms with Crippen LogP contribution in [-0.4, -0.2) is 97.4 Å². The smallest absolute Gasteiger partial charge is 0.475 e. The summed E-state index contributed by atoms with van der Waals surface area (Å²) in [4.78, 5) is 47.9.